The van der Waals surface area contributed by atoms with Crippen molar-refractivity contribution in [1.82, 2.24) is 0 Å². The fraction of sp³-hybridized carbons (Fsp3) is 0.385. The van der Waals surface area contributed by atoms with Crippen LogP contribution in [0.25, 0.3) is 5.70 Å². The van der Waals surface area contributed by atoms with Gasteiger partial charge in [-0.1, -0.05) is 17.9 Å². The van der Waals surface area contributed by atoms with Crippen LogP contribution in [0.5, 0.6) is 0 Å². The fourth-order valence-corrected chi connectivity index (χ4v) is 2.50. The largest absolute Gasteiger partial charge is 0.204 e. The maximum Gasteiger partial charge on any atom is 0.0982 e. The van der Waals surface area contributed by atoms with Gasteiger partial charge < -0.3 is 0 Å². The molecule has 1 aliphatic rings. The smallest absolute Gasteiger partial charge is 0.0982 e. The van der Waals surface area contributed by atoms with E-state index in [9.17, 15) is 0 Å². The van der Waals surface area contributed by atoms with Gasteiger partial charge in [0, 0.05) is 5.92 Å². The van der Waals surface area contributed by atoms with Crippen molar-refractivity contribution >= 4 is 17.0 Å². The zero-order chi connectivity index (χ0) is 11.5. The first kappa shape index (κ1) is 11.1. The van der Waals surface area contributed by atoms with Crippen molar-refractivity contribution in [2.75, 3.05) is 0 Å². The van der Waals surface area contributed by atoms with Gasteiger partial charge in [-0.3, -0.25) is 0 Å². The Bertz CT molecular complexity index is 496. The normalized spacial score (nSPS) is 15.5. The van der Waals surface area contributed by atoms with E-state index in [4.69, 9.17) is 5.53 Å². The number of rotatable bonds is 2. The Balaban J connectivity index is 2.28. The Morgan fingerprint density at radius 2 is 2.38 bits per heavy atom. The Morgan fingerprint density at radius 1 is 1.62 bits per heavy atom. The van der Waals surface area contributed by atoms with Crippen molar-refractivity contribution in [2.24, 2.45) is 11.0 Å². The quantitative estimate of drug-likeness (QED) is 0.583. The third kappa shape index (κ3) is 2.40. The number of allylic oxidation sites excluding steroid dienone is 1. The van der Waals surface area contributed by atoms with Gasteiger partial charge in [0.25, 0.3) is 0 Å². The van der Waals surface area contributed by atoms with E-state index in [-0.39, 0.29) is 0 Å². The molecule has 1 fully saturated rings. The second-order valence-corrected chi connectivity index (χ2v) is 5.00. The second kappa shape index (κ2) is 4.63. The van der Waals surface area contributed by atoms with Crippen LogP contribution >= 0.6 is 11.3 Å². The molecule has 1 aromatic rings. The average molecular weight is 230 g/mol. The molecule has 1 aliphatic carbocycles. The van der Waals surface area contributed by atoms with Crippen LogP contribution in [-0.4, -0.2) is 0 Å². The predicted octanol–water partition coefficient (Wildman–Crippen LogP) is 4.21. The predicted molar refractivity (Wildman–Crippen MR) is 67.5 cm³/mol. The van der Waals surface area contributed by atoms with Gasteiger partial charge >= 0.3 is 0 Å². The fourth-order valence-electron chi connectivity index (χ4n) is 1.45. The Morgan fingerprint density at radius 3 is 2.94 bits per heavy atom. The molecule has 3 heteroatoms. The van der Waals surface area contributed by atoms with E-state index in [2.05, 4.69) is 23.0 Å². The molecule has 0 bridgehead atoms. The Labute approximate surface area is 99.9 Å². The van der Waals surface area contributed by atoms with Crippen LogP contribution in [0.1, 0.15) is 35.1 Å². The standard InChI is InChI=1S/C13H14N2S/c1-3-12(15-14)13-9(2)8-11(16-13)7-6-10-4-5-10/h3,8,10,14H,4-5H2,1-2H3/b12-3-,15-14?. The van der Waals surface area contributed by atoms with Crippen LogP contribution in [0, 0.1) is 30.2 Å². The summed E-state index contributed by atoms with van der Waals surface area (Å²) in [6.07, 6.45) is 4.38. The van der Waals surface area contributed by atoms with Crippen molar-refractivity contribution in [1.29, 1.82) is 5.53 Å². The summed E-state index contributed by atoms with van der Waals surface area (Å²) in [6.45, 7) is 3.95. The molecule has 2 rings (SSSR count). The lowest BCUT2D eigenvalue weighted by Gasteiger charge is -1.95. The molecular formula is C13H14N2S. The van der Waals surface area contributed by atoms with Crippen molar-refractivity contribution in [3.63, 3.8) is 0 Å². The van der Waals surface area contributed by atoms with Gasteiger partial charge in [-0.15, -0.1) is 11.3 Å². The SMILES string of the molecule is C/C=C(\N=N)c1sc(C#CC2CC2)cc1C. The molecule has 0 saturated heterocycles. The molecule has 1 saturated carbocycles. The molecule has 82 valence electrons. The highest BCUT2D eigenvalue weighted by molar-refractivity contribution is 7.13. The van der Waals surface area contributed by atoms with Gasteiger partial charge in [-0.25, -0.2) is 5.53 Å². The lowest BCUT2D eigenvalue weighted by molar-refractivity contribution is 1.16. The maximum atomic E-state index is 7.11. The lowest BCUT2D eigenvalue weighted by atomic mass is 10.2. The third-order valence-electron chi connectivity index (χ3n) is 2.52. The van der Waals surface area contributed by atoms with Crippen LogP contribution in [0.15, 0.2) is 17.3 Å². The van der Waals surface area contributed by atoms with Crippen LogP contribution in [0.2, 0.25) is 0 Å². The molecule has 0 radical (unpaired) electrons. The molecule has 0 amide bonds. The van der Waals surface area contributed by atoms with E-state index in [1.165, 1.54) is 12.8 Å². The van der Waals surface area contributed by atoms with Gasteiger partial charge in [0.2, 0.25) is 0 Å². The minimum Gasteiger partial charge on any atom is -0.204 e. The van der Waals surface area contributed by atoms with Crippen LogP contribution in [-0.2, 0) is 0 Å². The highest BCUT2D eigenvalue weighted by atomic mass is 32.1. The molecular weight excluding hydrogens is 216 g/mol. The summed E-state index contributed by atoms with van der Waals surface area (Å²) in [5.74, 6) is 7.09. The summed E-state index contributed by atoms with van der Waals surface area (Å²) in [5.41, 5.74) is 9.01. The Hall–Kier alpha value is -1.40. The molecule has 0 spiro atoms. The zero-order valence-corrected chi connectivity index (χ0v) is 10.3. The minimum atomic E-state index is 0.632. The monoisotopic (exact) mass is 230 g/mol. The molecule has 0 aromatic carbocycles. The van der Waals surface area contributed by atoms with E-state index >= 15 is 0 Å². The molecule has 0 aliphatic heterocycles. The van der Waals surface area contributed by atoms with Gasteiger partial charge in [-0.05, 0) is 38.3 Å². The summed E-state index contributed by atoms with van der Waals surface area (Å²) >= 11 is 1.63. The maximum absolute atomic E-state index is 7.11. The van der Waals surface area contributed by atoms with Crippen molar-refractivity contribution in [3.8, 4) is 11.8 Å². The number of hydrogen-bond acceptors (Lipinski definition) is 3. The van der Waals surface area contributed by atoms with Crippen LogP contribution in [0.3, 0.4) is 0 Å². The average Bonchev–Trinajstić information content (AvgIpc) is 3.03. The minimum absolute atomic E-state index is 0.632. The van der Waals surface area contributed by atoms with Gasteiger partial charge in [0.15, 0.2) is 0 Å². The zero-order valence-electron chi connectivity index (χ0n) is 9.50. The highest BCUT2D eigenvalue weighted by Gasteiger charge is 2.18. The first-order valence-corrected chi connectivity index (χ1v) is 6.22. The van der Waals surface area contributed by atoms with Crippen molar-refractivity contribution in [2.45, 2.75) is 26.7 Å². The summed E-state index contributed by atoms with van der Waals surface area (Å²) in [4.78, 5) is 2.15. The number of aryl methyl sites for hydroxylation is 1. The first-order chi connectivity index (χ1) is 7.74. The molecule has 1 N–H and O–H groups in total. The first-order valence-electron chi connectivity index (χ1n) is 5.40. The van der Waals surface area contributed by atoms with Gasteiger partial charge in [-0.2, -0.15) is 5.11 Å². The number of nitrogens with zero attached hydrogens (tertiary/aromatic N) is 1. The van der Waals surface area contributed by atoms with Gasteiger partial charge in [0.05, 0.1) is 15.5 Å². The summed E-state index contributed by atoms with van der Waals surface area (Å²) in [6, 6.07) is 2.09. The van der Waals surface area contributed by atoms with Crippen molar-refractivity contribution < 1.29 is 0 Å². The van der Waals surface area contributed by atoms with Crippen LogP contribution in [0.4, 0.5) is 0 Å². The summed E-state index contributed by atoms with van der Waals surface area (Å²) < 4.78 is 0. The number of thiophene rings is 1. The van der Waals surface area contributed by atoms with E-state index < -0.39 is 0 Å². The molecule has 1 heterocycles. The topological polar surface area (TPSA) is 36.2 Å². The van der Waals surface area contributed by atoms with E-state index in [0.29, 0.717) is 5.92 Å². The van der Waals surface area contributed by atoms with Gasteiger partial charge in [0.1, 0.15) is 0 Å². The Kier molecular flexibility index (Phi) is 3.21. The molecule has 2 nitrogen and oxygen atoms in total. The number of nitrogens with one attached hydrogen (secondary N) is 1. The molecule has 0 unspecified atom stereocenters. The number of hydrogen-bond donors (Lipinski definition) is 1. The third-order valence-corrected chi connectivity index (χ3v) is 3.70. The summed E-state index contributed by atoms with van der Waals surface area (Å²) in [5, 5.41) is 3.53. The molecule has 0 atom stereocenters. The van der Waals surface area contributed by atoms with Crippen LogP contribution < -0.4 is 0 Å². The van der Waals surface area contributed by atoms with Crippen molar-refractivity contribution in [3.05, 3.63) is 27.5 Å². The lowest BCUT2D eigenvalue weighted by Crippen LogP contribution is -1.75. The van der Waals surface area contributed by atoms with E-state index in [1.54, 1.807) is 11.3 Å². The molecule has 1 aromatic heterocycles. The van der Waals surface area contributed by atoms with E-state index in [1.807, 2.05) is 19.9 Å². The van der Waals surface area contributed by atoms with E-state index in [0.717, 1.165) is 21.0 Å². The summed E-state index contributed by atoms with van der Waals surface area (Å²) in [7, 11) is 0. The highest BCUT2D eigenvalue weighted by Crippen LogP contribution is 2.30. The molecule has 16 heavy (non-hydrogen) atoms. The second-order valence-electron chi connectivity index (χ2n) is 3.95.